The maximum atomic E-state index is 12.8. The van der Waals surface area contributed by atoms with Crippen molar-refractivity contribution in [2.45, 2.75) is 32.1 Å². The van der Waals surface area contributed by atoms with Gasteiger partial charge in [0.2, 0.25) is 5.91 Å². The van der Waals surface area contributed by atoms with Gasteiger partial charge in [-0.2, -0.15) is 9.78 Å². The van der Waals surface area contributed by atoms with Crippen LogP contribution in [0, 0.1) is 17.8 Å². The number of aromatic nitrogens is 2. The number of amides is 1. The van der Waals surface area contributed by atoms with Crippen molar-refractivity contribution in [2.24, 2.45) is 17.8 Å². The third kappa shape index (κ3) is 3.62. The Bertz CT molecular complexity index is 984. The second-order valence-corrected chi connectivity index (χ2v) is 9.28. The van der Waals surface area contributed by atoms with Crippen LogP contribution in [0.3, 0.4) is 0 Å². The van der Waals surface area contributed by atoms with Gasteiger partial charge in [0.15, 0.2) is 0 Å². The van der Waals surface area contributed by atoms with E-state index in [2.05, 4.69) is 10.00 Å². The summed E-state index contributed by atoms with van der Waals surface area (Å²) in [5, 5.41) is 4.50. The molecule has 2 saturated carbocycles. The Morgan fingerprint density at radius 2 is 1.83 bits per heavy atom. The molecule has 1 amide bonds. The molecule has 3 fully saturated rings. The summed E-state index contributed by atoms with van der Waals surface area (Å²) in [5.41, 5.74) is 1.01. The molecule has 1 aromatic carbocycles. The molecule has 3 atom stereocenters. The van der Waals surface area contributed by atoms with Crippen LogP contribution in [0.15, 0.2) is 41.3 Å². The number of anilines is 1. The lowest BCUT2D eigenvalue weighted by atomic mass is 9.86. The summed E-state index contributed by atoms with van der Waals surface area (Å²) in [5.74, 6) is 2.54. The Kier molecular flexibility index (Phi) is 5.27. The number of halogens is 1. The monoisotopic (exact) mass is 426 g/mol. The van der Waals surface area contributed by atoms with Gasteiger partial charge >= 0.3 is 0 Å². The first kappa shape index (κ1) is 19.6. The van der Waals surface area contributed by atoms with Gasteiger partial charge in [0.25, 0.3) is 5.56 Å². The van der Waals surface area contributed by atoms with Crippen LogP contribution in [-0.4, -0.2) is 46.8 Å². The molecule has 5 rings (SSSR count). The van der Waals surface area contributed by atoms with Crippen molar-refractivity contribution in [2.75, 3.05) is 31.1 Å². The largest absolute Gasteiger partial charge is 0.365 e. The van der Waals surface area contributed by atoms with Crippen molar-refractivity contribution in [1.29, 1.82) is 0 Å². The smallest absolute Gasteiger partial charge is 0.292 e. The van der Waals surface area contributed by atoms with E-state index in [4.69, 9.17) is 11.6 Å². The molecule has 2 aliphatic carbocycles. The van der Waals surface area contributed by atoms with Crippen molar-refractivity contribution < 1.29 is 4.79 Å². The first-order chi connectivity index (χ1) is 14.6. The molecule has 7 heteroatoms. The van der Waals surface area contributed by atoms with Gasteiger partial charge in [-0.05, 0) is 49.1 Å². The van der Waals surface area contributed by atoms with Crippen molar-refractivity contribution in [3.63, 3.8) is 0 Å². The van der Waals surface area contributed by atoms with Crippen molar-refractivity contribution >= 4 is 23.2 Å². The number of carbonyl (C=O) groups excluding carboxylic acids is 1. The van der Waals surface area contributed by atoms with Crippen molar-refractivity contribution in [1.82, 2.24) is 14.7 Å². The van der Waals surface area contributed by atoms with E-state index in [1.807, 2.05) is 35.2 Å². The summed E-state index contributed by atoms with van der Waals surface area (Å²) >= 11 is 6.43. The predicted octanol–water partition coefficient (Wildman–Crippen LogP) is 3.36. The lowest BCUT2D eigenvalue weighted by Gasteiger charge is -2.37. The number of rotatable bonds is 4. The predicted molar refractivity (Wildman–Crippen MR) is 117 cm³/mol. The fraction of sp³-hybridized carbons (Fsp3) is 0.522. The summed E-state index contributed by atoms with van der Waals surface area (Å²) in [6.07, 6.45) is 7.63. The summed E-state index contributed by atoms with van der Waals surface area (Å²) in [6.45, 7) is 2.66. The Morgan fingerprint density at radius 3 is 2.50 bits per heavy atom. The summed E-state index contributed by atoms with van der Waals surface area (Å²) < 4.78 is 1.32. The van der Waals surface area contributed by atoms with Gasteiger partial charge in [0.1, 0.15) is 5.02 Å². The Hall–Kier alpha value is -2.34. The molecule has 6 nitrogen and oxygen atoms in total. The second kappa shape index (κ2) is 8.06. The topological polar surface area (TPSA) is 58.4 Å². The highest BCUT2D eigenvalue weighted by atomic mass is 35.5. The molecule has 1 aromatic heterocycles. The fourth-order valence-corrected chi connectivity index (χ4v) is 5.82. The highest BCUT2D eigenvalue weighted by molar-refractivity contribution is 6.33. The number of fused-ring (bicyclic) bond motifs is 2. The average molecular weight is 427 g/mol. The zero-order valence-electron chi connectivity index (χ0n) is 17.0. The first-order valence-corrected chi connectivity index (χ1v) is 11.3. The molecule has 0 spiro atoms. The average Bonchev–Trinajstić information content (AvgIpc) is 3.40. The zero-order chi connectivity index (χ0) is 20.7. The van der Waals surface area contributed by atoms with E-state index in [-0.39, 0.29) is 16.5 Å². The number of carbonyl (C=O) groups is 1. The minimum Gasteiger partial charge on any atom is -0.365 e. The lowest BCUT2D eigenvalue weighted by molar-refractivity contribution is -0.132. The first-order valence-electron chi connectivity index (χ1n) is 11.0. The lowest BCUT2D eigenvalue weighted by Crippen LogP contribution is -2.49. The highest BCUT2D eigenvalue weighted by Crippen LogP contribution is 2.49. The van der Waals surface area contributed by atoms with E-state index in [1.54, 1.807) is 6.20 Å². The van der Waals surface area contributed by atoms with E-state index in [9.17, 15) is 9.59 Å². The molecule has 158 valence electrons. The number of para-hydroxylation sites is 1. The Labute approximate surface area is 181 Å². The zero-order valence-corrected chi connectivity index (χ0v) is 17.8. The number of benzene rings is 1. The molecule has 0 N–H and O–H groups in total. The van der Waals surface area contributed by atoms with Crippen LogP contribution < -0.4 is 10.5 Å². The maximum absolute atomic E-state index is 12.8. The van der Waals surface area contributed by atoms with E-state index in [0.717, 1.165) is 11.8 Å². The molecule has 30 heavy (non-hydrogen) atoms. The van der Waals surface area contributed by atoms with Gasteiger partial charge in [-0.3, -0.25) is 9.59 Å². The SMILES string of the molecule is O=C(C[C@@H]1C[C@@H]2CC[C@@H]1C2)N1CCN(c2cnn(-c3ccccc3)c(=O)c2Cl)CC1. The van der Waals surface area contributed by atoms with Crippen LogP contribution in [0.25, 0.3) is 5.69 Å². The van der Waals surface area contributed by atoms with Gasteiger partial charge in [-0.15, -0.1) is 0 Å². The molecule has 2 aromatic rings. The third-order valence-corrected chi connectivity index (χ3v) is 7.55. The van der Waals surface area contributed by atoms with Crippen LogP contribution in [-0.2, 0) is 4.79 Å². The van der Waals surface area contributed by atoms with Crippen molar-refractivity contribution in [3.05, 3.63) is 51.9 Å². The van der Waals surface area contributed by atoms with Crippen LogP contribution in [0.5, 0.6) is 0 Å². The summed E-state index contributed by atoms with van der Waals surface area (Å²) in [4.78, 5) is 29.6. The van der Waals surface area contributed by atoms with Crippen LogP contribution in [0.4, 0.5) is 5.69 Å². The third-order valence-electron chi connectivity index (χ3n) is 7.20. The summed E-state index contributed by atoms with van der Waals surface area (Å²) in [7, 11) is 0. The minimum absolute atomic E-state index is 0.176. The molecule has 3 aliphatic rings. The van der Waals surface area contributed by atoms with Gasteiger partial charge in [0.05, 0.1) is 17.6 Å². The molecule has 2 heterocycles. The van der Waals surface area contributed by atoms with Gasteiger partial charge in [-0.25, -0.2) is 0 Å². The molecule has 1 saturated heterocycles. The van der Waals surface area contributed by atoms with Gasteiger partial charge in [-0.1, -0.05) is 36.2 Å². The van der Waals surface area contributed by atoms with Crippen LogP contribution >= 0.6 is 11.6 Å². The molecule has 0 unspecified atom stereocenters. The Balaban J connectivity index is 1.23. The molecule has 1 aliphatic heterocycles. The summed E-state index contributed by atoms with van der Waals surface area (Å²) in [6, 6.07) is 9.26. The standard InChI is InChI=1S/C23H27ClN4O2/c24-22-20(15-25-28(23(22)30)19-4-2-1-3-5-19)26-8-10-27(11-9-26)21(29)14-18-13-16-6-7-17(18)12-16/h1-5,15-18H,6-14H2/t16-,17-,18+/m1/s1. The number of nitrogens with zero attached hydrogens (tertiary/aromatic N) is 4. The van der Waals surface area contributed by atoms with Gasteiger partial charge in [0, 0.05) is 32.6 Å². The van der Waals surface area contributed by atoms with Crippen LogP contribution in [0.1, 0.15) is 32.1 Å². The Morgan fingerprint density at radius 1 is 1.07 bits per heavy atom. The molecular formula is C23H27ClN4O2. The van der Waals surface area contributed by atoms with E-state index < -0.39 is 0 Å². The quantitative estimate of drug-likeness (QED) is 0.752. The fourth-order valence-electron chi connectivity index (χ4n) is 5.57. The normalized spacial score (nSPS) is 25.7. The number of hydrogen-bond acceptors (Lipinski definition) is 4. The van der Waals surface area contributed by atoms with E-state index in [1.165, 1.54) is 30.4 Å². The minimum atomic E-state index is -0.324. The van der Waals surface area contributed by atoms with Crippen molar-refractivity contribution in [3.8, 4) is 5.69 Å². The maximum Gasteiger partial charge on any atom is 0.292 e. The highest BCUT2D eigenvalue weighted by Gasteiger charge is 2.40. The molecular weight excluding hydrogens is 400 g/mol. The van der Waals surface area contributed by atoms with Gasteiger partial charge < -0.3 is 9.80 Å². The van der Waals surface area contributed by atoms with E-state index in [0.29, 0.717) is 49.9 Å². The number of piperazine rings is 1. The second-order valence-electron chi connectivity index (χ2n) is 8.90. The molecule has 2 bridgehead atoms. The van der Waals surface area contributed by atoms with E-state index >= 15 is 0 Å². The number of hydrogen-bond donors (Lipinski definition) is 0. The van der Waals surface area contributed by atoms with Crippen LogP contribution in [0.2, 0.25) is 5.02 Å². The molecule has 0 radical (unpaired) electrons.